The van der Waals surface area contributed by atoms with Gasteiger partial charge in [-0.3, -0.25) is 0 Å². The van der Waals surface area contributed by atoms with E-state index in [1.54, 1.807) is 0 Å². The number of carbonyl (C=O) groups is 2. The Morgan fingerprint density at radius 2 is 1.90 bits per heavy atom. The van der Waals surface area contributed by atoms with Gasteiger partial charge in [0.25, 0.3) is 0 Å². The average molecular weight is 318 g/mol. The van der Waals surface area contributed by atoms with Gasteiger partial charge in [0.15, 0.2) is 0 Å². The van der Waals surface area contributed by atoms with Crippen LogP contribution in [-0.2, 0) is 14.3 Å². The van der Waals surface area contributed by atoms with Crippen molar-refractivity contribution in [3.05, 3.63) is 29.3 Å². The molecule has 0 amide bonds. The molecule has 1 saturated heterocycles. The number of ether oxygens (including phenoxy) is 2. The Morgan fingerprint density at radius 1 is 1.29 bits per heavy atom. The summed E-state index contributed by atoms with van der Waals surface area (Å²) in [7, 11) is 0. The fourth-order valence-corrected chi connectivity index (χ4v) is 1.57. The first kappa shape index (κ1) is 17.2. The largest absolute Gasteiger partial charge is 0.491 e. The van der Waals surface area contributed by atoms with E-state index in [0.717, 1.165) is 30.5 Å². The molecule has 0 bridgehead atoms. The van der Waals surface area contributed by atoms with E-state index in [4.69, 9.17) is 40.9 Å². The molecule has 1 aromatic rings. The van der Waals surface area contributed by atoms with E-state index in [-0.39, 0.29) is 6.10 Å². The first-order valence-corrected chi connectivity index (χ1v) is 6.53. The molecule has 1 aliphatic rings. The lowest BCUT2D eigenvalue weighted by Crippen LogP contribution is -2.41. The molecule has 0 aromatic heterocycles. The molecule has 0 radical (unpaired) electrons. The Labute approximate surface area is 126 Å². The van der Waals surface area contributed by atoms with Crippen LogP contribution in [0.4, 0.5) is 0 Å². The summed E-state index contributed by atoms with van der Waals surface area (Å²) in [5, 5.41) is 18.8. The van der Waals surface area contributed by atoms with E-state index < -0.39 is 11.9 Å². The maximum Gasteiger partial charge on any atom is 0.414 e. The summed E-state index contributed by atoms with van der Waals surface area (Å²) in [5.41, 5.74) is 0. The molecule has 21 heavy (non-hydrogen) atoms. The van der Waals surface area contributed by atoms with Crippen molar-refractivity contribution in [2.45, 2.75) is 6.10 Å². The van der Waals surface area contributed by atoms with Gasteiger partial charge in [-0.1, -0.05) is 11.6 Å². The summed E-state index contributed by atoms with van der Waals surface area (Å²) in [6.45, 7) is 3.12. The van der Waals surface area contributed by atoms with Crippen LogP contribution >= 0.6 is 11.6 Å². The van der Waals surface area contributed by atoms with Gasteiger partial charge in [0.2, 0.25) is 0 Å². The van der Waals surface area contributed by atoms with Crippen molar-refractivity contribution in [1.82, 2.24) is 5.32 Å². The molecule has 2 rings (SSSR count). The summed E-state index contributed by atoms with van der Waals surface area (Å²) in [6, 6.07) is 7.35. The minimum Gasteiger partial charge on any atom is -0.491 e. The summed E-state index contributed by atoms with van der Waals surface area (Å²) in [6.07, 6.45) is 0.148. The van der Waals surface area contributed by atoms with Gasteiger partial charge in [-0.25, -0.2) is 9.59 Å². The molecule has 116 valence electrons. The number of hydrogen-bond acceptors (Lipinski definition) is 5. The van der Waals surface area contributed by atoms with Crippen molar-refractivity contribution in [2.24, 2.45) is 0 Å². The van der Waals surface area contributed by atoms with Crippen LogP contribution in [0, 0.1) is 0 Å². The first-order valence-electron chi connectivity index (χ1n) is 6.16. The Morgan fingerprint density at radius 3 is 2.38 bits per heavy atom. The molecule has 1 aliphatic heterocycles. The maximum absolute atomic E-state index is 9.10. The second-order valence-corrected chi connectivity index (χ2v) is 4.51. The standard InChI is InChI=1S/C11H14ClNO2.C2H2O4/c12-9-1-3-10(4-2-9)15-8-11-7-13-5-6-14-11;3-1(4)2(5)6/h1-4,11,13H,5-8H2;(H,3,4)(H,5,6). The Bertz CT molecular complexity index is 446. The van der Waals surface area contributed by atoms with Gasteiger partial charge in [-0.2, -0.15) is 0 Å². The lowest BCUT2D eigenvalue weighted by molar-refractivity contribution is -0.159. The van der Waals surface area contributed by atoms with Crippen LogP contribution in [0.1, 0.15) is 0 Å². The zero-order chi connectivity index (χ0) is 15.7. The highest BCUT2D eigenvalue weighted by molar-refractivity contribution is 6.30. The summed E-state index contributed by atoms with van der Waals surface area (Å²) < 4.78 is 11.1. The van der Waals surface area contributed by atoms with Gasteiger partial charge in [0.1, 0.15) is 18.5 Å². The highest BCUT2D eigenvalue weighted by atomic mass is 35.5. The molecule has 1 aromatic carbocycles. The molecule has 3 N–H and O–H groups in total. The van der Waals surface area contributed by atoms with Crippen molar-refractivity contribution in [3.8, 4) is 5.75 Å². The third kappa shape index (κ3) is 7.50. The molecular weight excluding hydrogens is 302 g/mol. The predicted octanol–water partition coefficient (Wildman–Crippen LogP) is 0.863. The molecule has 1 unspecified atom stereocenters. The maximum atomic E-state index is 9.10. The number of morpholine rings is 1. The third-order valence-corrected chi connectivity index (χ3v) is 2.69. The Hall–Kier alpha value is -1.83. The summed E-state index contributed by atoms with van der Waals surface area (Å²) >= 11 is 5.77. The highest BCUT2D eigenvalue weighted by Crippen LogP contribution is 2.15. The van der Waals surface area contributed by atoms with Gasteiger partial charge >= 0.3 is 11.9 Å². The monoisotopic (exact) mass is 317 g/mol. The number of aliphatic carboxylic acids is 2. The summed E-state index contributed by atoms with van der Waals surface area (Å²) in [5.74, 6) is -2.82. The highest BCUT2D eigenvalue weighted by Gasteiger charge is 2.13. The van der Waals surface area contributed by atoms with Gasteiger partial charge in [0, 0.05) is 18.1 Å². The van der Waals surface area contributed by atoms with Gasteiger partial charge in [0.05, 0.1) is 6.61 Å². The normalized spacial score (nSPS) is 17.3. The van der Waals surface area contributed by atoms with Crippen LogP contribution in [0.25, 0.3) is 0 Å². The third-order valence-electron chi connectivity index (χ3n) is 2.44. The minimum atomic E-state index is -1.82. The van der Waals surface area contributed by atoms with Crippen molar-refractivity contribution < 1.29 is 29.3 Å². The number of carboxylic acids is 2. The van der Waals surface area contributed by atoms with E-state index in [1.807, 2.05) is 24.3 Å². The first-order chi connectivity index (χ1) is 9.99. The number of benzene rings is 1. The van der Waals surface area contributed by atoms with Gasteiger partial charge < -0.3 is 25.0 Å². The molecule has 1 atom stereocenters. The SMILES string of the molecule is Clc1ccc(OCC2CNCCO2)cc1.O=C(O)C(=O)O. The van der Waals surface area contributed by atoms with E-state index in [9.17, 15) is 0 Å². The molecule has 0 spiro atoms. The van der Waals surface area contributed by atoms with E-state index in [0.29, 0.717) is 6.61 Å². The van der Waals surface area contributed by atoms with Crippen molar-refractivity contribution >= 4 is 23.5 Å². The van der Waals surface area contributed by atoms with Crippen LogP contribution < -0.4 is 10.1 Å². The van der Waals surface area contributed by atoms with Crippen molar-refractivity contribution in [2.75, 3.05) is 26.3 Å². The minimum absolute atomic E-state index is 0.148. The second-order valence-electron chi connectivity index (χ2n) is 4.07. The predicted molar refractivity (Wildman–Crippen MR) is 74.8 cm³/mol. The average Bonchev–Trinajstić information content (AvgIpc) is 2.48. The quantitative estimate of drug-likeness (QED) is 0.710. The smallest absolute Gasteiger partial charge is 0.414 e. The number of hydrogen-bond donors (Lipinski definition) is 3. The van der Waals surface area contributed by atoms with Crippen molar-refractivity contribution in [1.29, 1.82) is 0 Å². The molecular formula is C13H16ClNO6. The van der Waals surface area contributed by atoms with E-state index in [2.05, 4.69) is 5.32 Å². The topological polar surface area (TPSA) is 105 Å². The van der Waals surface area contributed by atoms with Crippen LogP contribution in [0.15, 0.2) is 24.3 Å². The molecule has 0 aliphatic carbocycles. The lowest BCUT2D eigenvalue weighted by Gasteiger charge is -2.23. The fraction of sp³-hybridized carbons (Fsp3) is 0.385. The number of nitrogens with one attached hydrogen (secondary N) is 1. The van der Waals surface area contributed by atoms with Gasteiger partial charge in [-0.05, 0) is 24.3 Å². The molecule has 1 heterocycles. The Balaban J connectivity index is 0.000000315. The molecule has 7 nitrogen and oxygen atoms in total. The van der Waals surface area contributed by atoms with Crippen LogP contribution in [0.5, 0.6) is 5.75 Å². The molecule has 1 fully saturated rings. The van der Waals surface area contributed by atoms with Crippen molar-refractivity contribution in [3.63, 3.8) is 0 Å². The fourth-order valence-electron chi connectivity index (χ4n) is 1.45. The van der Waals surface area contributed by atoms with E-state index in [1.165, 1.54) is 0 Å². The second kappa shape index (κ2) is 9.17. The number of halogens is 1. The lowest BCUT2D eigenvalue weighted by atomic mass is 10.3. The summed E-state index contributed by atoms with van der Waals surface area (Å²) in [4.78, 5) is 18.2. The zero-order valence-corrected chi connectivity index (χ0v) is 11.9. The molecule has 0 saturated carbocycles. The Kier molecular flexibility index (Phi) is 7.52. The van der Waals surface area contributed by atoms with Crippen LogP contribution in [0.3, 0.4) is 0 Å². The van der Waals surface area contributed by atoms with Crippen LogP contribution in [-0.4, -0.2) is 54.6 Å². The zero-order valence-electron chi connectivity index (χ0n) is 11.1. The number of carboxylic acid groups (broad SMARTS) is 2. The number of rotatable bonds is 3. The van der Waals surface area contributed by atoms with Crippen LogP contribution in [0.2, 0.25) is 5.02 Å². The molecule has 8 heteroatoms. The van der Waals surface area contributed by atoms with E-state index >= 15 is 0 Å². The van der Waals surface area contributed by atoms with Gasteiger partial charge in [-0.15, -0.1) is 0 Å².